The van der Waals surface area contributed by atoms with E-state index < -0.39 is 6.10 Å². The van der Waals surface area contributed by atoms with Gasteiger partial charge in [-0.05, 0) is 18.6 Å². The molecular weight excluding hydrogens is 234 g/mol. The Bertz CT molecular complexity index is 442. The number of imide groups is 1. The molecule has 0 spiro atoms. The molecule has 0 saturated carbocycles. The van der Waals surface area contributed by atoms with E-state index in [1.54, 1.807) is 23.2 Å². The van der Waals surface area contributed by atoms with Crippen molar-refractivity contribution < 1.29 is 14.7 Å². The number of aliphatic hydroxyl groups is 1. The Hall–Kier alpha value is -1.95. The average molecular weight is 249 g/mol. The maximum absolute atomic E-state index is 11.2. The van der Waals surface area contributed by atoms with Crippen molar-refractivity contribution in [3.05, 3.63) is 24.0 Å². The average Bonchev–Trinajstić information content (AvgIpc) is 2.37. The fourth-order valence-electron chi connectivity index (χ4n) is 1.81. The van der Waals surface area contributed by atoms with Crippen molar-refractivity contribution >= 4 is 17.5 Å². The van der Waals surface area contributed by atoms with Gasteiger partial charge in [-0.2, -0.15) is 0 Å². The lowest BCUT2D eigenvalue weighted by Crippen LogP contribution is -2.51. The molecule has 1 unspecified atom stereocenters. The number of piperazine rings is 1. The monoisotopic (exact) mass is 249 g/mol. The summed E-state index contributed by atoms with van der Waals surface area (Å²) >= 11 is 0. The summed E-state index contributed by atoms with van der Waals surface area (Å²) < 4.78 is 0. The summed E-state index contributed by atoms with van der Waals surface area (Å²) in [7, 11) is 0. The quantitative estimate of drug-likeness (QED) is 0.736. The Kier molecular flexibility index (Phi) is 3.57. The van der Waals surface area contributed by atoms with Gasteiger partial charge in [0.15, 0.2) is 0 Å². The lowest BCUT2D eigenvalue weighted by Gasteiger charge is -2.27. The highest BCUT2D eigenvalue weighted by atomic mass is 16.3. The van der Waals surface area contributed by atoms with Crippen molar-refractivity contribution in [3.63, 3.8) is 0 Å². The zero-order valence-corrected chi connectivity index (χ0v) is 10.1. The van der Waals surface area contributed by atoms with Crippen LogP contribution in [0.2, 0.25) is 0 Å². The van der Waals surface area contributed by atoms with Gasteiger partial charge in [-0.1, -0.05) is 6.92 Å². The molecule has 2 heterocycles. The Balaban J connectivity index is 2.14. The van der Waals surface area contributed by atoms with Crippen LogP contribution in [0, 0.1) is 0 Å². The minimum atomic E-state index is -0.578. The van der Waals surface area contributed by atoms with Crippen LogP contribution in [0.3, 0.4) is 0 Å². The first-order valence-electron chi connectivity index (χ1n) is 5.81. The minimum Gasteiger partial charge on any atom is -0.387 e. The van der Waals surface area contributed by atoms with Crippen molar-refractivity contribution in [2.45, 2.75) is 19.4 Å². The van der Waals surface area contributed by atoms with Gasteiger partial charge in [-0.15, -0.1) is 0 Å². The summed E-state index contributed by atoms with van der Waals surface area (Å²) in [5, 5.41) is 11.9. The van der Waals surface area contributed by atoms with Gasteiger partial charge in [0.25, 0.3) is 0 Å². The number of carbonyl (C=O) groups excluding carboxylic acids is 2. The molecule has 0 aliphatic carbocycles. The maximum atomic E-state index is 11.2. The molecule has 6 heteroatoms. The number of carbonyl (C=O) groups is 2. The van der Waals surface area contributed by atoms with E-state index in [1.165, 1.54) is 0 Å². The molecule has 1 aromatic heterocycles. The van der Waals surface area contributed by atoms with Crippen LogP contribution in [0.25, 0.3) is 0 Å². The van der Waals surface area contributed by atoms with Gasteiger partial charge in [0.2, 0.25) is 11.8 Å². The number of hydrogen-bond acceptors (Lipinski definition) is 5. The van der Waals surface area contributed by atoms with E-state index in [2.05, 4.69) is 10.3 Å². The van der Waals surface area contributed by atoms with Gasteiger partial charge >= 0.3 is 0 Å². The van der Waals surface area contributed by atoms with Crippen LogP contribution in [0.4, 0.5) is 5.69 Å². The SMILES string of the molecule is CCC(O)c1ccc(N2CC(=O)NC(=O)C2)cn1. The first kappa shape index (κ1) is 12.5. The Labute approximate surface area is 105 Å². The van der Waals surface area contributed by atoms with Crippen LogP contribution in [-0.2, 0) is 9.59 Å². The van der Waals surface area contributed by atoms with Gasteiger partial charge in [0.05, 0.1) is 36.8 Å². The fraction of sp³-hybridized carbons (Fsp3) is 0.417. The van der Waals surface area contributed by atoms with E-state index in [4.69, 9.17) is 0 Å². The largest absolute Gasteiger partial charge is 0.387 e. The highest BCUT2D eigenvalue weighted by Crippen LogP contribution is 2.18. The van der Waals surface area contributed by atoms with Crippen molar-refractivity contribution in [2.75, 3.05) is 18.0 Å². The molecule has 0 bridgehead atoms. The second-order valence-electron chi connectivity index (χ2n) is 4.19. The number of hydrogen-bond donors (Lipinski definition) is 2. The summed E-state index contributed by atoms with van der Waals surface area (Å²) in [6, 6.07) is 3.47. The van der Waals surface area contributed by atoms with E-state index in [9.17, 15) is 14.7 Å². The molecule has 2 amide bonds. The highest BCUT2D eigenvalue weighted by molar-refractivity contribution is 6.02. The van der Waals surface area contributed by atoms with Gasteiger partial charge in [-0.3, -0.25) is 19.9 Å². The number of aliphatic hydroxyl groups excluding tert-OH is 1. The predicted octanol–water partition coefficient (Wildman–Crippen LogP) is -0.0122. The van der Waals surface area contributed by atoms with Crippen LogP contribution >= 0.6 is 0 Å². The minimum absolute atomic E-state index is 0.142. The van der Waals surface area contributed by atoms with Gasteiger partial charge in [-0.25, -0.2) is 0 Å². The van der Waals surface area contributed by atoms with Crippen molar-refractivity contribution in [1.29, 1.82) is 0 Å². The summed E-state index contributed by atoms with van der Waals surface area (Å²) in [6.07, 6.45) is 1.59. The van der Waals surface area contributed by atoms with E-state index in [1.807, 2.05) is 6.92 Å². The summed E-state index contributed by atoms with van der Waals surface area (Å²) in [5.41, 5.74) is 1.29. The molecule has 1 aliphatic rings. The summed E-state index contributed by atoms with van der Waals surface area (Å²) in [6.45, 7) is 2.15. The summed E-state index contributed by atoms with van der Waals surface area (Å²) in [4.78, 5) is 28.3. The summed E-state index contributed by atoms with van der Waals surface area (Å²) in [5.74, 6) is -0.632. The zero-order valence-electron chi connectivity index (χ0n) is 10.1. The van der Waals surface area contributed by atoms with Crippen LogP contribution in [0.15, 0.2) is 18.3 Å². The molecule has 2 rings (SSSR count). The molecule has 1 aromatic rings. The second kappa shape index (κ2) is 5.14. The number of anilines is 1. The zero-order chi connectivity index (χ0) is 13.1. The van der Waals surface area contributed by atoms with Gasteiger partial charge in [0, 0.05) is 0 Å². The number of nitrogens with zero attached hydrogens (tertiary/aromatic N) is 2. The normalized spacial score (nSPS) is 17.6. The van der Waals surface area contributed by atoms with Crippen LogP contribution < -0.4 is 10.2 Å². The molecule has 1 aliphatic heterocycles. The molecule has 0 aromatic carbocycles. The molecule has 2 N–H and O–H groups in total. The molecule has 0 radical (unpaired) electrons. The number of nitrogens with one attached hydrogen (secondary N) is 1. The number of rotatable bonds is 3. The molecule has 18 heavy (non-hydrogen) atoms. The van der Waals surface area contributed by atoms with Crippen LogP contribution in [-0.4, -0.2) is 35.0 Å². The van der Waals surface area contributed by atoms with E-state index in [0.29, 0.717) is 17.8 Å². The first-order valence-corrected chi connectivity index (χ1v) is 5.81. The van der Waals surface area contributed by atoms with Gasteiger partial charge in [0.1, 0.15) is 0 Å². The molecule has 1 atom stereocenters. The molecular formula is C12H15N3O3. The number of pyridine rings is 1. The molecule has 6 nitrogen and oxygen atoms in total. The predicted molar refractivity (Wildman–Crippen MR) is 64.9 cm³/mol. The fourth-order valence-corrected chi connectivity index (χ4v) is 1.81. The Morgan fingerprint density at radius 2 is 2.06 bits per heavy atom. The topological polar surface area (TPSA) is 82.5 Å². The molecule has 96 valence electrons. The maximum Gasteiger partial charge on any atom is 0.246 e. The second-order valence-corrected chi connectivity index (χ2v) is 4.19. The van der Waals surface area contributed by atoms with E-state index in [0.717, 1.165) is 0 Å². The van der Waals surface area contributed by atoms with Gasteiger partial charge < -0.3 is 10.0 Å². The molecule has 1 fully saturated rings. The van der Waals surface area contributed by atoms with Crippen LogP contribution in [0.1, 0.15) is 25.1 Å². The first-order chi connectivity index (χ1) is 8.60. The number of aromatic nitrogens is 1. The third kappa shape index (κ3) is 2.65. The van der Waals surface area contributed by atoms with Crippen molar-refractivity contribution in [3.8, 4) is 0 Å². The van der Waals surface area contributed by atoms with Crippen LogP contribution in [0.5, 0.6) is 0 Å². The highest BCUT2D eigenvalue weighted by Gasteiger charge is 2.22. The van der Waals surface area contributed by atoms with E-state index >= 15 is 0 Å². The lowest BCUT2D eigenvalue weighted by molar-refractivity contribution is -0.130. The Morgan fingerprint density at radius 3 is 2.56 bits per heavy atom. The third-order valence-corrected chi connectivity index (χ3v) is 2.81. The third-order valence-electron chi connectivity index (χ3n) is 2.81. The smallest absolute Gasteiger partial charge is 0.246 e. The standard InChI is InChI=1S/C12H15N3O3/c1-2-10(16)9-4-3-8(5-13-9)15-6-11(17)14-12(18)7-15/h3-5,10,16H,2,6-7H2,1H3,(H,14,17,18). The van der Waals surface area contributed by atoms with Crippen molar-refractivity contribution in [2.24, 2.45) is 0 Å². The van der Waals surface area contributed by atoms with Crippen molar-refractivity contribution in [1.82, 2.24) is 10.3 Å². The number of amides is 2. The lowest BCUT2D eigenvalue weighted by atomic mass is 10.2. The van der Waals surface area contributed by atoms with E-state index in [-0.39, 0.29) is 24.9 Å². The molecule has 1 saturated heterocycles. The Morgan fingerprint density at radius 1 is 1.39 bits per heavy atom.